The minimum Gasteiger partial charge on any atom is -0.369 e. The number of para-hydroxylation sites is 1. The molecule has 0 atom stereocenters. The zero-order chi connectivity index (χ0) is 16.2. The lowest BCUT2D eigenvalue weighted by molar-refractivity contribution is 0.637. The van der Waals surface area contributed by atoms with Gasteiger partial charge in [0.25, 0.3) is 0 Å². The maximum absolute atomic E-state index is 6.22. The van der Waals surface area contributed by atoms with Gasteiger partial charge in [-0.2, -0.15) is 0 Å². The fraction of sp³-hybridized carbons (Fsp3) is 0.278. The third-order valence-electron chi connectivity index (χ3n) is 3.57. The largest absolute Gasteiger partial charge is 0.369 e. The molecule has 0 spiro atoms. The summed E-state index contributed by atoms with van der Waals surface area (Å²) in [4.78, 5) is 11.3. The number of hydrogen-bond donors (Lipinski definition) is 0. The van der Waals surface area contributed by atoms with Crippen molar-refractivity contribution in [2.24, 2.45) is 4.99 Å². The second kappa shape index (κ2) is 8.65. The van der Waals surface area contributed by atoms with Crippen LogP contribution < -0.4 is 4.90 Å². The molecule has 0 saturated carbocycles. The third kappa shape index (κ3) is 4.38. The quantitative estimate of drug-likeness (QED) is 0.395. The zero-order valence-electron chi connectivity index (χ0n) is 13.8. The zero-order valence-corrected chi connectivity index (χ0v) is 16.2. The first-order valence-electron chi connectivity index (χ1n) is 7.65. The summed E-state index contributed by atoms with van der Waals surface area (Å²) in [6.07, 6.45) is 2.86. The molecule has 2 aromatic rings. The van der Waals surface area contributed by atoms with E-state index in [1.54, 1.807) is 11.8 Å². The molecule has 3 rings (SSSR count). The molecular weight excluding hydrogens is 361 g/mol. The Morgan fingerprint density at radius 1 is 1.12 bits per heavy atom. The van der Waals surface area contributed by atoms with E-state index in [-0.39, 0.29) is 12.4 Å². The molecule has 0 aliphatic carbocycles. The summed E-state index contributed by atoms with van der Waals surface area (Å²) < 4.78 is 0. The van der Waals surface area contributed by atoms with E-state index in [0.29, 0.717) is 0 Å². The summed E-state index contributed by atoms with van der Waals surface area (Å²) in [5, 5.41) is 0.777. The molecule has 0 N–H and O–H groups in total. The average Bonchev–Trinajstić information content (AvgIpc) is 2.54. The predicted octanol–water partition coefficient (Wildman–Crippen LogP) is 5.34. The lowest BCUT2D eigenvalue weighted by atomic mass is 10.2. The van der Waals surface area contributed by atoms with Crippen molar-refractivity contribution in [3.8, 4) is 0 Å². The van der Waals surface area contributed by atoms with Gasteiger partial charge < -0.3 is 9.80 Å². The van der Waals surface area contributed by atoms with Crippen molar-refractivity contribution in [2.45, 2.75) is 16.2 Å². The predicted molar refractivity (Wildman–Crippen MR) is 108 cm³/mol. The number of hydrogen-bond acceptors (Lipinski definition) is 3. The first-order chi connectivity index (χ1) is 11.1. The normalized spacial score (nSPS) is 12.5. The second-order valence-corrected chi connectivity index (χ2v) is 7.19. The van der Waals surface area contributed by atoms with E-state index >= 15 is 0 Å². The van der Waals surface area contributed by atoms with E-state index < -0.39 is 0 Å². The number of benzene rings is 2. The summed E-state index contributed by atoms with van der Waals surface area (Å²) in [6.45, 7) is 1.75. The van der Waals surface area contributed by atoms with Gasteiger partial charge in [-0.3, -0.25) is 4.99 Å². The van der Waals surface area contributed by atoms with E-state index in [4.69, 9.17) is 11.6 Å². The van der Waals surface area contributed by atoms with Crippen molar-refractivity contribution in [3.63, 3.8) is 0 Å². The van der Waals surface area contributed by atoms with Crippen molar-refractivity contribution < 1.29 is 0 Å². The molecular formula is C18H21Cl2N3S. The van der Waals surface area contributed by atoms with E-state index in [9.17, 15) is 0 Å². The molecule has 0 bridgehead atoms. The monoisotopic (exact) mass is 381 g/mol. The molecule has 1 aliphatic rings. The van der Waals surface area contributed by atoms with Crippen molar-refractivity contribution in [2.75, 3.05) is 32.1 Å². The van der Waals surface area contributed by atoms with Crippen LogP contribution in [0.15, 0.2) is 57.2 Å². The minimum atomic E-state index is 0. The van der Waals surface area contributed by atoms with Crippen molar-refractivity contribution in [3.05, 3.63) is 47.5 Å². The molecule has 1 aliphatic heterocycles. The highest BCUT2D eigenvalue weighted by Crippen LogP contribution is 2.48. The summed E-state index contributed by atoms with van der Waals surface area (Å²) in [6, 6.07) is 14.7. The van der Waals surface area contributed by atoms with Gasteiger partial charge in [0.1, 0.15) is 0 Å². The average molecular weight is 382 g/mol. The van der Waals surface area contributed by atoms with Gasteiger partial charge in [-0.1, -0.05) is 35.5 Å². The van der Waals surface area contributed by atoms with Gasteiger partial charge >= 0.3 is 0 Å². The van der Waals surface area contributed by atoms with Gasteiger partial charge in [0.05, 0.1) is 17.7 Å². The lowest BCUT2D eigenvalue weighted by Gasteiger charge is -2.32. The number of fused-ring (bicyclic) bond motifs is 2. The fourth-order valence-corrected chi connectivity index (χ4v) is 3.83. The van der Waals surface area contributed by atoms with Gasteiger partial charge in [0.15, 0.2) is 0 Å². The van der Waals surface area contributed by atoms with Crippen LogP contribution in [-0.4, -0.2) is 38.4 Å². The summed E-state index contributed by atoms with van der Waals surface area (Å²) >= 11 is 8.03. The first-order valence-corrected chi connectivity index (χ1v) is 8.85. The van der Waals surface area contributed by atoms with Crippen LogP contribution in [0.4, 0.5) is 11.4 Å². The Morgan fingerprint density at radius 2 is 1.88 bits per heavy atom. The number of rotatable bonds is 5. The Morgan fingerprint density at radius 3 is 2.67 bits per heavy atom. The Labute approximate surface area is 159 Å². The Balaban J connectivity index is 0.00000208. The molecule has 3 nitrogen and oxygen atoms in total. The van der Waals surface area contributed by atoms with E-state index in [1.807, 2.05) is 31.4 Å². The number of aliphatic imine (C=N–C) groups is 1. The molecule has 2 aromatic carbocycles. The SMILES string of the molecule is CN(C)C=NCCCN1c2ccccc2Sc2ccc(Cl)cc21.Cl. The molecule has 24 heavy (non-hydrogen) atoms. The minimum absolute atomic E-state index is 0. The maximum atomic E-state index is 6.22. The molecule has 0 saturated heterocycles. The molecule has 0 amide bonds. The Kier molecular flexibility index (Phi) is 6.84. The third-order valence-corrected chi connectivity index (χ3v) is 4.93. The van der Waals surface area contributed by atoms with Crippen LogP contribution in [0.3, 0.4) is 0 Å². The van der Waals surface area contributed by atoms with E-state index in [2.05, 4.69) is 46.3 Å². The lowest BCUT2D eigenvalue weighted by Crippen LogP contribution is -2.22. The number of nitrogens with zero attached hydrogens (tertiary/aromatic N) is 3. The van der Waals surface area contributed by atoms with Gasteiger partial charge in [-0.05, 0) is 36.8 Å². The van der Waals surface area contributed by atoms with Crippen LogP contribution in [0.25, 0.3) is 0 Å². The first kappa shape index (κ1) is 19.0. The highest BCUT2D eigenvalue weighted by molar-refractivity contribution is 7.99. The highest BCUT2D eigenvalue weighted by atomic mass is 35.5. The van der Waals surface area contributed by atoms with E-state index in [1.165, 1.54) is 21.2 Å². The van der Waals surface area contributed by atoms with Crippen LogP contribution in [0, 0.1) is 0 Å². The summed E-state index contributed by atoms with van der Waals surface area (Å²) in [5.74, 6) is 0. The smallest absolute Gasteiger partial charge is 0.0844 e. The van der Waals surface area contributed by atoms with Crippen molar-refractivity contribution in [1.29, 1.82) is 0 Å². The molecule has 128 valence electrons. The standard InChI is InChI=1S/C18H20ClN3S.ClH/c1-21(2)13-20-10-5-11-22-15-6-3-4-7-17(15)23-18-9-8-14(19)12-16(18)22;/h3-4,6-9,12-13H,5,10-11H2,1-2H3;1H. The number of halogens is 2. The Hall–Kier alpha value is -1.36. The fourth-order valence-electron chi connectivity index (χ4n) is 2.58. The summed E-state index contributed by atoms with van der Waals surface area (Å²) in [7, 11) is 3.97. The molecule has 6 heteroatoms. The topological polar surface area (TPSA) is 18.8 Å². The number of anilines is 2. The van der Waals surface area contributed by atoms with Crippen LogP contribution in [-0.2, 0) is 0 Å². The van der Waals surface area contributed by atoms with Gasteiger partial charge in [-0.25, -0.2) is 0 Å². The Bertz CT molecular complexity index is 719. The molecule has 0 unspecified atom stereocenters. The van der Waals surface area contributed by atoms with Gasteiger partial charge in [-0.15, -0.1) is 12.4 Å². The maximum Gasteiger partial charge on any atom is 0.0844 e. The van der Waals surface area contributed by atoms with Crippen LogP contribution in [0.5, 0.6) is 0 Å². The van der Waals surface area contributed by atoms with Crippen LogP contribution in [0.2, 0.25) is 5.02 Å². The van der Waals surface area contributed by atoms with Gasteiger partial charge in [0.2, 0.25) is 0 Å². The van der Waals surface area contributed by atoms with E-state index in [0.717, 1.165) is 24.5 Å². The van der Waals surface area contributed by atoms with Crippen molar-refractivity contribution >= 4 is 53.5 Å². The van der Waals surface area contributed by atoms with Gasteiger partial charge in [0, 0.05) is 42.0 Å². The summed E-state index contributed by atoms with van der Waals surface area (Å²) in [5.41, 5.74) is 2.45. The van der Waals surface area contributed by atoms with Crippen molar-refractivity contribution in [1.82, 2.24) is 4.90 Å². The molecule has 0 fully saturated rings. The molecule has 1 heterocycles. The molecule has 0 radical (unpaired) electrons. The second-order valence-electron chi connectivity index (χ2n) is 5.67. The van der Waals surface area contributed by atoms with Crippen LogP contribution in [0.1, 0.15) is 6.42 Å². The highest BCUT2D eigenvalue weighted by Gasteiger charge is 2.22. The molecule has 0 aromatic heterocycles. The van der Waals surface area contributed by atoms with Crippen LogP contribution >= 0.6 is 35.8 Å².